The van der Waals surface area contributed by atoms with Crippen molar-refractivity contribution in [2.24, 2.45) is 5.92 Å². The summed E-state index contributed by atoms with van der Waals surface area (Å²) in [5.41, 5.74) is 0. The number of alkyl halides is 1. The summed E-state index contributed by atoms with van der Waals surface area (Å²) in [5, 5.41) is 0. The molecule has 13 heavy (non-hydrogen) atoms. The fraction of sp³-hybridized carbons (Fsp3) is 1.00. The summed E-state index contributed by atoms with van der Waals surface area (Å²) in [7, 11) is 0. The minimum atomic E-state index is 0.443. The van der Waals surface area contributed by atoms with Crippen molar-refractivity contribution < 1.29 is 21.5 Å². The minimum absolute atomic E-state index is 0.443. The average molecular weight is 296 g/mol. The van der Waals surface area contributed by atoms with Crippen molar-refractivity contribution in [3.63, 3.8) is 0 Å². The van der Waals surface area contributed by atoms with Crippen LogP contribution in [0.1, 0.15) is 46.0 Å². The topological polar surface area (TPSA) is 3.24 Å². The zero-order valence-corrected chi connectivity index (χ0v) is 11.2. The number of halogens is 1. The van der Waals surface area contributed by atoms with Gasteiger partial charge in [-0.3, -0.25) is 0 Å². The molecule has 0 spiro atoms. The second-order valence-electron chi connectivity index (χ2n) is 4.16. The van der Waals surface area contributed by atoms with Gasteiger partial charge in [-0.15, -0.1) is 0 Å². The second kappa shape index (κ2) is 7.04. The van der Waals surface area contributed by atoms with Gasteiger partial charge in [-0.05, 0) is 0 Å². The molecule has 0 aliphatic carbocycles. The third-order valence-corrected chi connectivity index (χ3v) is 6.25. The van der Waals surface area contributed by atoms with E-state index in [2.05, 4.69) is 17.0 Å². The molecule has 1 aliphatic rings. The molecule has 0 amide bonds. The van der Waals surface area contributed by atoms with E-state index in [1.165, 1.54) is 49.6 Å². The van der Waals surface area contributed by atoms with E-state index in [9.17, 15) is 0 Å². The van der Waals surface area contributed by atoms with Gasteiger partial charge in [0, 0.05) is 0 Å². The molecule has 0 unspecified atom stereocenters. The number of unbranched alkanes of at least 4 members (excludes halogenated alkanes) is 4. The Hall–Kier alpha value is 0.690. The summed E-state index contributed by atoms with van der Waals surface area (Å²) in [5.74, 6) is 1.00. The summed E-state index contributed by atoms with van der Waals surface area (Å²) in [6.07, 6.45) is 7.17. The molecule has 1 fully saturated rings. The second-order valence-corrected chi connectivity index (χ2v) is 7.09. The molecule has 0 N–H and O–H groups in total. The van der Waals surface area contributed by atoms with Gasteiger partial charge in [0.1, 0.15) is 0 Å². The molecular weight excluding hydrogens is 273 g/mol. The fourth-order valence-corrected chi connectivity index (χ4v) is 4.83. The van der Waals surface area contributed by atoms with Crippen LogP contribution in [0.15, 0.2) is 0 Å². The number of hydrogen-bond acceptors (Lipinski definition) is 1. The Morgan fingerprint density at radius 1 is 1.23 bits per heavy atom. The van der Waals surface area contributed by atoms with Gasteiger partial charge in [-0.25, -0.2) is 0 Å². The normalized spacial score (nSPS) is 24.6. The van der Waals surface area contributed by atoms with Crippen molar-refractivity contribution in [2.75, 3.05) is 17.5 Å². The van der Waals surface area contributed by atoms with E-state index in [4.69, 9.17) is 0 Å². The van der Waals surface area contributed by atoms with E-state index in [1.54, 1.807) is 0 Å². The van der Waals surface area contributed by atoms with Crippen molar-refractivity contribution in [1.82, 2.24) is 3.11 Å². The van der Waals surface area contributed by atoms with Gasteiger partial charge in [0.05, 0.1) is 0 Å². The summed E-state index contributed by atoms with van der Waals surface area (Å²) >= 11 is 0.443. The molecule has 1 rings (SSSR count). The Bertz CT molecular complexity index is 127. The van der Waals surface area contributed by atoms with Crippen molar-refractivity contribution >= 4 is 0 Å². The molecule has 1 nitrogen and oxygen atoms in total. The molecule has 80 valence electrons. The first-order valence-corrected chi connectivity index (χ1v) is 8.16. The maximum absolute atomic E-state index is 2.75. The van der Waals surface area contributed by atoms with Gasteiger partial charge in [-0.1, -0.05) is 0 Å². The molecule has 2 heteroatoms. The molecule has 0 radical (unpaired) electrons. The van der Waals surface area contributed by atoms with Gasteiger partial charge >= 0.3 is 94.0 Å². The van der Waals surface area contributed by atoms with Crippen LogP contribution in [-0.4, -0.2) is 20.6 Å². The van der Waals surface area contributed by atoms with Crippen LogP contribution < -0.4 is 21.5 Å². The summed E-state index contributed by atoms with van der Waals surface area (Å²) in [4.78, 5) is 0. The molecule has 1 atom stereocenters. The van der Waals surface area contributed by atoms with Crippen LogP contribution in [0.4, 0.5) is 0 Å². The van der Waals surface area contributed by atoms with Gasteiger partial charge in [-0.2, -0.15) is 0 Å². The average Bonchev–Trinajstić information content (AvgIpc) is 2.51. The number of hydrogen-bond donors (Lipinski definition) is 0. The molecule has 0 bridgehead atoms. The summed E-state index contributed by atoms with van der Waals surface area (Å²) < 4.78 is 4.28. The van der Waals surface area contributed by atoms with Gasteiger partial charge in [0.25, 0.3) is 0 Å². The van der Waals surface area contributed by atoms with Crippen molar-refractivity contribution in [3.8, 4) is 0 Å². The Kier molecular flexibility index (Phi) is 6.37. The van der Waals surface area contributed by atoms with Crippen molar-refractivity contribution in [2.45, 2.75) is 46.0 Å². The van der Waals surface area contributed by atoms with Crippen LogP contribution in [0.3, 0.4) is 0 Å². The van der Waals surface area contributed by atoms with Crippen molar-refractivity contribution in [3.05, 3.63) is 0 Å². The van der Waals surface area contributed by atoms with E-state index in [0.717, 1.165) is 5.92 Å². The van der Waals surface area contributed by atoms with Crippen LogP contribution in [0, 0.1) is 5.92 Å². The summed E-state index contributed by atoms with van der Waals surface area (Å²) in [6, 6.07) is 0. The van der Waals surface area contributed by atoms with Crippen LogP contribution in [0.5, 0.6) is 0 Å². The standard InChI is InChI=1S/C11H23IN/c1-3-4-5-6-7-8-13-10-11(2)9-12-13/h11H,3-10H2,1-2H3/q-1/t11-/m1/s1. The SMILES string of the molecule is CCCCCCCN1C[C@H](C)C[I-]1. The van der Waals surface area contributed by atoms with Gasteiger partial charge in [0.15, 0.2) is 0 Å². The fourth-order valence-electron chi connectivity index (χ4n) is 1.69. The maximum atomic E-state index is 2.75. The predicted molar refractivity (Wildman–Crippen MR) is 54.4 cm³/mol. The quantitative estimate of drug-likeness (QED) is 0.287. The first-order chi connectivity index (χ1) is 6.33. The third kappa shape index (κ3) is 5.21. The first-order valence-electron chi connectivity index (χ1n) is 5.67. The van der Waals surface area contributed by atoms with E-state index in [0.29, 0.717) is 21.5 Å². The molecular formula is C11H23IN-. The Morgan fingerprint density at radius 3 is 2.62 bits per heavy atom. The monoisotopic (exact) mass is 296 g/mol. The van der Waals surface area contributed by atoms with E-state index < -0.39 is 0 Å². The van der Waals surface area contributed by atoms with Gasteiger partial charge in [0.2, 0.25) is 0 Å². The zero-order chi connectivity index (χ0) is 9.52. The third-order valence-electron chi connectivity index (χ3n) is 2.52. The van der Waals surface area contributed by atoms with E-state index >= 15 is 0 Å². The molecule has 1 aliphatic heterocycles. The number of rotatable bonds is 6. The van der Waals surface area contributed by atoms with Crippen LogP contribution >= 0.6 is 0 Å². The first kappa shape index (κ1) is 11.8. The number of nitrogens with zero attached hydrogens (tertiary/aromatic N) is 1. The van der Waals surface area contributed by atoms with E-state index in [1.807, 2.05) is 0 Å². The Morgan fingerprint density at radius 2 is 2.00 bits per heavy atom. The van der Waals surface area contributed by atoms with Gasteiger partial charge < -0.3 is 0 Å². The Labute approximate surface area is 93.9 Å². The van der Waals surface area contributed by atoms with Crippen LogP contribution in [-0.2, 0) is 0 Å². The summed E-state index contributed by atoms with van der Waals surface area (Å²) in [6.45, 7) is 7.49. The zero-order valence-electron chi connectivity index (χ0n) is 9.06. The molecule has 0 saturated carbocycles. The van der Waals surface area contributed by atoms with Crippen LogP contribution in [0.2, 0.25) is 0 Å². The van der Waals surface area contributed by atoms with Crippen LogP contribution in [0.25, 0.3) is 0 Å². The van der Waals surface area contributed by atoms with Crippen molar-refractivity contribution in [1.29, 1.82) is 0 Å². The molecule has 0 aromatic carbocycles. The molecule has 0 aromatic heterocycles. The Balaban J connectivity index is 1.88. The molecule has 1 saturated heterocycles. The predicted octanol–water partition coefficient (Wildman–Crippen LogP) is -0.0875. The van der Waals surface area contributed by atoms with E-state index in [-0.39, 0.29) is 0 Å². The molecule has 1 heterocycles. The molecule has 0 aromatic rings.